The van der Waals surface area contributed by atoms with Gasteiger partial charge in [-0.25, -0.2) is 4.98 Å². The van der Waals surface area contributed by atoms with E-state index in [4.69, 9.17) is 4.98 Å². The lowest BCUT2D eigenvalue weighted by Gasteiger charge is -2.37. The van der Waals surface area contributed by atoms with Gasteiger partial charge in [-0.2, -0.15) is 4.98 Å². The Morgan fingerprint density at radius 1 is 0.885 bits per heavy atom. The number of nitrogens with one attached hydrogen (secondary N) is 2. The molecule has 2 unspecified atom stereocenters. The van der Waals surface area contributed by atoms with E-state index >= 15 is 0 Å². The van der Waals surface area contributed by atoms with Gasteiger partial charge in [-0.1, -0.05) is 57.0 Å². The van der Waals surface area contributed by atoms with Gasteiger partial charge in [0.25, 0.3) is 0 Å². The molecule has 0 bridgehead atoms. The number of aromatic nitrogens is 2. The van der Waals surface area contributed by atoms with Gasteiger partial charge in [0, 0.05) is 25.1 Å². The van der Waals surface area contributed by atoms with Crippen LogP contribution in [0, 0.1) is 0 Å². The first-order chi connectivity index (χ1) is 12.8. The molecule has 2 atom stereocenters. The summed E-state index contributed by atoms with van der Waals surface area (Å²) in [5, 5.41) is 6.90. The molecular weight excluding hydrogens is 320 g/mol. The highest BCUT2D eigenvalue weighted by Gasteiger charge is 2.34. The van der Waals surface area contributed by atoms with Crippen molar-refractivity contribution in [1.82, 2.24) is 9.97 Å². The first-order valence-corrected chi connectivity index (χ1v) is 10.2. The Balaban J connectivity index is 1.77. The van der Waals surface area contributed by atoms with E-state index < -0.39 is 0 Å². The molecule has 2 N–H and O–H groups in total. The Morgan fingerprint density at radius 3 is 2.23 bits per heavy atom. The fourth-order valence-electron chi connectivity index (χ4n) is 3.55. The molecule has 4 nitrogen and oxygen atoms in total. The van der Waals surface area contributed by atoms with Crippen molar-refractivity contribution in [2.24, 2.45) is 0 Å². The highest BCUT2D eigenvalue weighted by molar-refractivity contribution is 5.44. The molecule has 4 heteroatoms. The van der Waals surface area contributed by atoms with Gasteiger partial charge in [0.05, 0.1) is 5.69 Å². The van der Waals surface area contributed by atoms with Crippen molar-refractivity contribution in [3.8, 4) is 0 Å². The molecule has 3 rings (SSSR count). The normalized spacial score (nSPS) is 19.0. The molecule has 1 aliphatic carbocycles. The summed E-state index contributed by atoms with van der Waals surface area (Å²) in [6.07, 6.45) is 7.11. The molecule has 0 spiro atoms. The van der Waals surface area contributed by atoms with Gasteiger partial charge in [0.1, 0.15) is 5.82 Å². The summed E-state index contributed by atoms with van der Waals surface area (Å²) in [5.41, 5.74) is 2.61. The Kier molecular flexibility index (Phi) is 6.87. The first-order valence-electron chi connectivity index (χ1n) is 10.2. The number of nitrogens with zero attached hydrogens (tertiary/aromatic N) is 2. The second kappa shape index (κ2) is 9.56. The monoisotopic (exact) mass is 352 g/mol. The van der Waals surface area contributed by atoms with Gasteiger partial charge >= 0.3 is 0 Å². The van der Waals surface area contributed by atoms with Crippen LogP contribution in [0.5, 0.6) is 0 Å². The van der Waals surface area contributed by atoms with E-state index in [0.717, 1.165) is 37.7 Å². The summed E-state index contributed by atoms with van der Waals surface area (Å²) in [4.78, 5) is 9.55. The van der Waals surface area contributed by atoms with Crippen molar-refractivity contribution in [2.75, 3.05) is 23.7 Å². The fourth-order valence-corrected chi connectivity index (χ4v) is 3.55. The highest BCUT2D eigenvalue weighted by Crippen LogP contribution is 2.48. The lowest BCUT2D eigenvalue weighted by molar-refractivity contribution is 0.340. The number of hydrogen-bond donors (Lipinski definition) is 2. The van der Waals surface area contributed by atoms with Crippen molar-refractivity contribution >= 4 is 11.8 Å². The molecule has 26 heavy (non-hydrogen) atoms. The second-order valence-corrected chi connectivity index (χ2v) is 7.26. The Bertz CT molecular complexity index is 643. The molecule has 1 aromatic heterocycles. The van der Waals surface area contributed by atoms with Crippen LogP contribution in [0.3, 0.4) is 0 Å². The van der Waals surface area contributed by atoms with E-state index in [1.807, 2.05) is 0 Å². The van der Waals surface area contributed by atoms with E-state index in [1.54, 1.807) is 0 Å². The van der Waals surface area contributed by atoms with Crippen molar-refractivity contribution in [3.05, 3.63) is 47.7 Å². The highest BCUT2D eigenvalue weighted by atomic mass is 15.1. The molecule has 1 aliphatic rings. The third kappa shape index (κ3) is 4.75. The molecule has 0 radical (unpaired) electrons. The van der Waals surface area contributed by atoms with Crippen LogP contribution in [0.15, 0.2) is 36.4 Å². The molecule has 1 fully saturated rings. The van der Waals surface area contributed by atoms with Crippen LogP contribution in [0.25, 0.3) is 0 Å². The zero-order valence-corrected chi connectivity index (χ0v) is 16.2. The maximum absolute atomic E-state index is 4.87. The van der Waals surface area contributed by atoms with Gasteiger partial charge in [0.2, 0.25) is 5.95 Å². The smallest absolute Gasteiger partial charge is 0.224 e. The Labute approximate surface area is 157 Å². The minimum atomic E-state index is 0.499. The molecule has 1 saturated carbocycles. The van der Waals surface area contributed by atoms with Crippen LogP contribution in [0.4, 0.5) is 11.8 Å². The summed E-state index contributed by atoms with van der Waals surface area (Å²) in [6.45, 7) is 6.31. The standard InChI is InChI=1S/C22H32N4/c1-3-5-14-23-21-16-20(25-22(26-21)24-15-6-4-2)19-13-12-18(19)17-10-8-7-9-11-17/h7-11,16,18-19H,3-6,12-15H2,1-2H3,(H2,23,24,25,26). The van der Waals surface area contributed by atoms with E-state index in [9.17, 15) is 0 Å². The molecule has 0 amide bonds. The van der Waals surface area contributed by atoms with Crippen molar-refractivity contribution < 1.29 is 0 Å². The Morgan fingerprint density at radius 2 is 1.58 bits per heavy atom. The van der Waals surface area contributed by atoms with Gasteiger partial charge in [-0.15, -0.1) is 0 Å². The predicted octanol–water partition coefficient (Wildman–Crippen LogP) is 5.56. The molecule has 1 aromatic carbocycles. The van der Waals surface area contributed by atoms with E-state index in [0.29, 0.717) is 11.8 Å². The average molecular weight is 353 g/mol. The minimum absolute atomic E-state index is 0.499. The average Bonchev–Trinajstić information content (AvgIpc) is 2.62. The van der Waals surface area contributed by atoms with E-state index in [1.165, 1.54) is 36.9 Å². The van der Waals surface area contributed by atoms with E-state index in [-0.39, 0.29) is 0 Å². The fraction of sp³-hybridized carbons (Fsp3) is 0.545. The largest absolute Gasteiger partial charge is 0.370 e. The number of hydrogen-bond acceptors (Lipinski definition) is 4. The summed E-state index contributed by atoms with van der Waals surface area (Å²) in [6, 6.07) is 13.0. The van der Waals surface area contributed by atoms with E-state index in [2.05, 4.69) is 65.9 Å². The maximum Gasteiger partial charge on any atom is 0.224 e. The summed E-state index contributed by atoms with van der Waals surface area (Å²) < 4.78 is 0. The number of anilines is 2. The van der Waals surface area contributed by atoms with Gasteiger partial charge in [0.15, 0.2) is 0 Å². The lowest BCUT2D eigenvalue weighted by atomic mass is 9.68. The zero-order valence-electron chi connectivity index (χ0n) is 16.2. The predicted molar refractivity (Wildman–Crippen MR) is 110 cm³/mol. The molecular formula is C22H32N4. The molecule has 1 heterocycles. The van der Waals surface area contributed by atoms with Crippen LogP contribution in [0.1, 0.15) is 75.5 Å². The minimum Gasteiger partial charge on any atom is -0.370 e. The van der Waals surface area contributed by atoms with Crippen molar-refractivity contribution in [2.45, 2.75) is 64.2 Å². The zero-order chi connectivity index (χ0) is 18.2. The maximum atomic E-state index is 4.87. The molecule has 2 aromatic rings. The SMILES string of the molecule is CCCCNc1cc(C2CCC2c2ccccc2)nc(NCCCC)n1. The third-order valence-electron chi connectivity index (χ3n) is 5.28. The topological polar surface area (TPSA) is 49.8 Å². The second-order valence-electron chi connectivity index (χ2n) is 7.26. The number of unbranched alkanes of at least 4 members (excludes halogenated alkanes) is 2. The molecule has 0 aliphatic heterocycles. The summed E-state index contributed by atoms with van der Waals surface area (Å²) in [5.74, 6) is 2.81. The summed E-state index contributed by atoms with van der Waals surface area (Å²) >= 11 is 0. The van der Waals surface area contributed by atoms with Crippen LogP contribution in [-0.2, 0) is 0 Å². The third-order valence-corrected chi connectivity index (χ3v) is 5.28. The van der Waals surface area contributed by atoms with Gasteiger partial charge in [-0.05, 0) is 37.2 Å². The van der Waals surface area contributed by atoms with Crippen molar-refractivity contribution in [3.63, 3.8) is 0 Å². The lowest BCUT2D eigenvalue weighted by Crippen LogP contribution is -2.23. The number of rotatable bonds is 10. The van der Waals surface area contributed by atoms with Crippen molar-refractivity contribution in [1.29, 1.82) is 0 Å². The van der Waals surface area contributed by atoms with Crippen LogP contribution in [0.2, 0.25) is 0 Å². The van der Waals surface area contributed by atoms with Crippen LogP contribution >= 0.6 is 0 Å². The first kappa shape index (κ1) is 18.7. The molecule has 140 valence electrons. The quantitative estimate of drug-likeness (QED) is 0.549. The van der Waals surface area contributed by atoms with Gasteiger partial charge in [-0.3, -0.25) is 0 Å². The van der Waals surface area contributed by atoms with Gasteiger partial charge < -0.3 is 10.6 Å². The Hall–Kier alpha value is -2.10. The van der Waals surface area contributed by atoms with Crippen LogP contribution in [-0.4, -0.2) is 23.1 Å². The van der Waals surface area contributed by atoms with Crippen LogP contribution < -0.4 is 10.6 Å². The summed E-state index contributed by atoms with van der Waals surface area (Å²) in [7, 11) is 0. The number of benzene rings is 1. The molecule has 0 saturated heterocycles.